The van der Waals surface area contributed by atoms with Gasteiger partial charge < -0.3 is 10.6 Å². The van der Waals surface area contributed by atoms with Gasteiger partial charge in [-0.05, 0) is 68.6 Å². The molecule has 0 spiro atoms. The van der Waals surface area contributed by atoms with Gasteiger partial charge in [-0.1, -0.05) is 17.7 Å². The van der Waals surface area contributed by atoms with Gasteiger partial charge in [0.15, 0.2) is 0 Å². The molecular weight excluding hydrogens is 391 g/mol. The summed E-state index contributed by atoms with van der Waals surface area (Å²) >= 11 is 0. The topological polar surface area (TPSA) is 59.0 Å². The highest BCUT2D eigenvalue weighted by Gasteiger charge is 2.18. The number of aromatic nitrogens is 2. The Balaban J connectivity index is 0.00000240. The number of rotatable bonds is 5. The zero-order chi connectivity index (χ0) is 19.7. The Labute approximate surface area is 176 Å². The predicted octanol–water partition coefficient (Wildman–Crippen LogP) is 3.52. The fourth-order valence-corrected chi connectivity index (χ4v) is 3.94. The molecule has 4 rings (SSSR count). The fraction of sp³-hybridized carbons (Fsp3) is 0.364. The second kappa shape index (κ2) is 8.93. The third kappa shape index (κ3) is 4.60. The van der Waals surface area contributed by atoms with E-state index in [0.29, 0.717) is 5.92 Å². The van der Waals surface area contributed by atoms with Crippen LogP contribution >= 0.6 is 12.4 Å². The highest BCUT2D eigenvalue weighted by Crippen LogP contribution is 2.21. The highest BCUT2D eigenvalue weighted by atomic mass is 35.5. The number of hydrogen-bond acceptors (Lipinski definition) is 3. The van der Waals surface area contributed by atoms with Gasteiger partial charge in [0.05, 0.1) is 23.3 Å². The van der Waals surface area contributed by atoms with E-state index in [0.717, 1.165) is 53.7 Å². The lowest BCUT2D eigenvalue weighted by molar-refractivity contribution is 0.0946. The first-order valence-electron chi connectivity index (χ1n) is 9.71. The van der Waals surface area contributed by atoms with Crippen LogP contribution in [0.4, 0.5) is 4.39 Å². The van der Waals surface area contributed by atoms with Crippen LogP contribution < -0.4 is 10.6 Å². The molecule has 2 heterocycles. The molecule has 2 aromatic carbocycles. The van der Waals surface area contributed by atoms with E-state index in [2.05, 4.69) is 21.8 Å². The van der Waals surface area contributed by atoms with Crippen molar-refractivity contribution in [2.24, 2.45) is 13.0 Å². The molecule has 1 aliphatic rings. The molecule has 1 saturated heterocycles. The predicted molar refractivity (Wildman–Crippen MR) is 115 cm³/mol. The van der Waals surface area contributed by atoms with Crippen LogP contribution in [0.15, 0.2) is 36.4 Å². The van der Waals surface area contributed by atoms with Gasteiger partial charge >= 0.3 is 0 Å². The Morgan fingerprint density at radius 2 is 2.14 bits per heavy atom. The first-order valence-corrected chi connectivity index (χ1v) is 9.71. The summed E-state index contributed by atoms with van der Waals surface area (Å²) in [4.78, 5) is 12.6. The standard InChI is InChI=1S/C22H25FN4O.ClH/c1-14-3-6-21-18(9-14)20(26-27(21)2)13-25-22(28)17-11-15(4-5-19(17)23)10-16-7-8-24-12-16;/h3-6,9,11,16,24H,7-8,10,12-13H2,1-2H3,(H,25,28);1H. The Kier molecular flexibility index (Phi) is 6.55. The molecule has 0 bridgehead atoms. The van der Waals surface area contributed by atoms with Crippen LogP contribution in [0.1, 0.15) is 33.6 Å². The van der Waals surface area contributed by atoms with Crippen molar-refractivity contribution < 1.29 is 9.18 Å². The summed E-state index contributed by atoms with van der Waals surface area (Å²) in [6.45, 7) is 4.28. The fourth-order valence-electron chi connectivity index (χ4n) is 3.94. The van der Waals surface area contributed by atoms with Crippen molar-refractivity contribution in [2.75, 3.05) is 13.1 Å². The van der Waals surface area contributed by atoms with Gasteiger partial charge in [-0.25, -0.2) is 4.39 Å². The molecule has 0 radical (unpaired) electrons. The van der Waals surface area contributed by atoms with Crippen LogP contribution in [0.5, 0.6) is 0 Å². The molecule has 0 saturated carbocycles. The van der Waals surface area contributed by atoms with Crippen LogP contribution in [0.3, 0.4) is 0 Å². The van der Waals surface area contributed by atoms with Gasteiger partial charge in [0.2, 0.25) is 0 Å². The quantitative estimate of drug-likeness (QED) is 0.669. The summed E-state index contributed by atoms with van der Waals surface area (Å²) in [6, 6.07) is 11.0. The number of carbonyl (C=O) groups is 1. The SMILES string of the molecule is Cc1ccc2c(c1)c(CNC(=O)c1cc(CC3CCNC3)ccc1F)nn2C.Cl. The summed E-state index contributed by atoms with van der Waals surface area (Å²) in [6.07, 6.45) is 1.97. The maximum absolute atomic E-state index is 14.3. The third-order valence-corrected chi connectivity index (χ3v) is 5.46. The van der Waals surface area contributed by atoms with E-state index in [-0.39, 0.29) is 24.5 Å². The van der Waals surface area contributed by atoms with Gasteiger partial charge in [-0.3, -0.25) is 9.48 Å². The summed E-state index contributed by atoms with van der Waals surface area (Å²) in [5, 5.41) is 11.7. The van der Waals surface area contributed by atoms with E-state index in [1.54, 1.807) is 16.8 Å². The number of nitrogens with one attached hydrogen (secondary N) is 2. The van der Waals surface area contributed by atoms with Crippen LogP contribution in [0, 0.1) is 18.7 Å². The van der Waals surface area contributed by atoms with Crippen molar-refractivity contribution >= 4 is 29.2 Å². The minimum absolute atomic E-state index is 0. The zero-order valence-electron chi connectivity index (χ0n) is 16.7. The first-order chi connectivity index (χ1) is 13.5. The monoisotopic (exact) mass is 416 g/mol. The molecule has 2 N–H and O–H groups in total. The van der Waals surface area contributed by atoms with Crippen LogP contribution in [0.25, 0.3) is 10.9 Å². The number of aryl methyl sites for hydroxylation is 2. The van der Waals surface area contributed by atoms with Crippen molar-refractivity contribution in [3.8, 4) is 0 Å². The molecule has 5 nitrogen and oxygen atoms in total. The number of benzene rings is 2. The molecule has 0 aliphatic carbocycles. The Bertz CT molecular complexity index is 1030. The molecular formula is C22H26ClFN4O. The van der Waals surface area contributed by atoms with Gasteiger partial charge in [0.1, 0.15) is 5.82 Å². The largest absolute Gasteiger partial charge is 0.346 e. The molecule has 3 aromatic rings. The molecule has 1 unspecified atom stereocenters. The van der Waals surface area contributed by atoms with E-state index < -0.39 is 11.7 Å². The molecule has 154 valence electrons. The smallest absolute Gasteiger partial charge is 0.254 e. The van der Waals surface area contributed by atoms with Crippen molar-refractivity contribution in [1.29, 1.82) is 0 Å². The van der Waals surface area contributed by atoms with E-state index in [1.165, 1.54) is 6.07 Å². The van der Waals surface area contributed by atoms with E-state index in [4.69, 9.17) is 0 Å². The number of halogens is 2. The third-order valence-electron chi connectivity index (χ3n) is 5.46. The number of nitrogens with zero attached hydrogens (tertiary/aromatic N) is 2. The second-order valence-corrected chi connectivity index (χ2v) is 7.65. The van der Waals surface area contributed by atoms with Gasteiger partial charge in [0, 0.05) is 12.4 Å². The Morgan fingerprint density at radius 3 is 2.90 bits per heavy atom. The number of carbonyl (C=O) groups excluding carboxylic acids is 1. The summed E-state index contributed by atoms with van der Waals surface area (Å²) in [5.41, 5.74) is 4.02. The Hall–Kier alpha value is -2.44. The minimum Gasteiger partial charge on any atom is -0.346 e. The summed E-state index contributed by atoms with van der Waals surface area (Å²) < 4.78 is 16.1. The minimum atomic E-state index is -0.493. The second-order valence-electron chi connectivity index (χ2n) is 7.65. The molecule has 1 aliphatic heterocycles. The van der Waals surface area contributed by atoms with Crippen molar-refractivity contribution in [2.45, 2.75) is 26.3 Å². The van der Waals surface area contributed by atoms with Crippen molar-refractivity contribution in [3.63, 3.8) is 0 Å². The zero-order valence-corrected chi connectivity index (χ0v) is 17.5. The maximum atomic E-state index is 14.3. The molecule has 1 amide bonds. The lowest BCUT2D eigenvalue weighted by atomic mass is 9.97. The molecule has 1 atom stereocenters. The lowest BCUT2D eigenvalue weighted by Crippen LogP contribution is -2.24. The number of fused-ring (bicyclic) bond motifs is 1. The van der Waals surface area contributed by atoms with Gasteiger partial charge in [0.25, 0.3) is 5.91 Å². The number of hydrogen-bond donors (Lipinski definition) is 2. The highest BCUT2D eigenvalue weighted by molar-refractivity contribution is 5.95. The maximum Gasteiger partial charge on any atom is 0.254 e. The van der Waals surface area contributed by atoms with E-state index in [9.17, 15) is 9.18 Å². The van der Waals surface area contributed by atoms with E-state index in [1.807, 2.05) is 26.1 Å². The first kappa shape index (κ1) is 21.3. The average Bonchev–Trinajstić information content (AvgIpc) is 3.29. The molecule has 1 aromatic heterocycles. The Morgan fingerprint density at radius 1 is 1.31 bits per heavy atom. The summed E-state index contributed by atoms with van der Waals surface area (Å²) in [7, 11) is 1.88. The van der Waals surface area contributed by atoms with Crippen molar-refractivity contribution in [1.82, 2.24) is 20.4 Å². The van der Waals surface area contributed by atoms with Gasteiger partial charge in [-0.15, -0.1) is 12.4 Å². The molecule has 1 fully saturated rings. The molecule has 7 heteroatoms. The lowest BCUT2D eigenvalue weighted by Gasteiger charge is -2.11. The van der Waals surface area contributed by atoms with Crippen molar-refractivity contribution in [3.05, 3.63) is 64.6 Å². The normalized spacial score (nSPS) is 16.0. The average molecular weight is 417 g/mol. The van der Waals surface area contributed by atoms with Crippen LogP contribution in [-0.4, -0.2) is 28.8 Å². The van der Waals surface area contributed by atoms with Crippen LogP contribution in [0.2, 0.25) is 0 Å². The molecule has 29 heavy (non-hydrogen) atoms. The number of amides is 1. The van der Waals surface area contributed by atoms with Crippen LogP contribution in [-0.2, 0) is 20.0 Å². The summed E-state index contributed by atoms with van der Waals surface area (Å²) in [5.74, 6) is -0.354. The van der Waals surface area contributed by atoms with E-state index >= 15 is 0 Å². The van der Waals surface area contributed by atoms with Gasteiger partial charge in [-0.2, -0.15) is 5.10 Å².